The van der Waals surface area contributed by atoms with E-state index in [4.69, 9.17) is 18.9 Å². The number of ketones is 1. The molecule has 29 heavy (non-hydrogen) atoms. The summed E-state index contributed by atoms with van der Waals surface area (Å²) < 4.78 is 22.3. The lowest BCUT2D eigenvalue weighted by Crippen LogP contribution is -2.24. The van der Waals surface area contributed by atoms with Crippen molar-refractivity contribution in [3.63, 3.8) is 0 Å². The monoisotopic (exact) mass is 400 g/mol. The van der Waals surface area contributed by atoms with E-state index in [2.05, 4.69) is 0 Å². The first-order valence-corrected chi connectivity index (χ1v) is 9.79. The summed E-state index contributed by atoms with van der Waals surface area (Å²) >= 11 is 0. The fourth-order valence-electron chi connectivity index (χ4n) is 2.74. The second-order valence-electron chi connectivity index (χ2n) is 6.38. The number of rotatable bonds is 10. The molecule has 0 saturated carbocycles. The van der Waals surface area contributed by atoms with Crippen LogP contribution in [0, 0.1) is 6.92 Å². The van der Waals surface area contributed by atoms with E-state index >= 15 is 0 Å². The number of carbonyl (C=O) groups is 2. The van der Waals surface area contributed by atoms with Crippen LogP contribution in [0.2, 0.25) is 0 Å². The average Bonchev–Trinajstić information content (AvgIpc) is 2.70. The van der Waals surface area contributed by atoms with Gasteiger partial charge in [0.15, 0.2) is 17.6 Å². The van der Waals surface area contributed by atoms with Crippen LogP contribution in [0.1, 0.15) is 54.0 Å². The number of hydrogen-bond donors (Lipinski definition) is 0. The highest BCUT2D eigenvalue weighted by molar-refractivity contribution is 6.01. The standard InChI is InChI=1S/C23H28O6/c1-6-26-19-13-18(14-20(27-7-2)22(19)28-8-3)23(25)29-16(5)21(24)17-11-9-15(4)10-12-17/h9-14,16H,6-8H2,1-5H3/t16-/m0/s1. The van der Waals surface area contributed by atoms with Gasteiger partial charge < -0.3 is 18.9 Å². The summed E-state index contributed by atoms with van der Waals surface area (Å²) in [7, 11) is 0. The Balaban J connectivity index is 2.26. The van der Waals surface area contributed by atoms with Gasteiger partial charge in [-0.2, -0.15) is 0 Å². The Hall–Kier alpha value is -3.02. The van der Waals surface area contributed by atoms with Gasteiger partial charge in [-0.1, -0.05) is 29.8 Å². The van der Waals surface area contributed by atoms with Gasteiger partial charge in [0.1, 0.15) is 0 Å². The van der Waals surface area contributed by atoms with Crippen molar-refractivity contribution in [3.8, 4) is 17.2 Å². The van der Waals surface area contributed by atoms with Gasteiger partial charge in [0.05, 0.1) is 25.4 Å². The molecule has 2 aromatic rings. The molecule has 0 N–H and O–H groups in total. The predicted octanol–water partition coefficient (Wildman–Crippen LogP) is 4.62. The molecule has 0 aliphatic heterocycles. The molecule has 0 unspecified atom stereocenters. The van der Waals surface area contributed by atoms with Gasteiger partial charge in [-0.25, -0.2) is 4.79 Å². The van der Waals surface area contributed by atoms with Crippen LogP contribution < -0.4 is 14.2 Å². The third kappa shape index (κ3) is 5.73. The van der Waals surface area contributed by atoms with Gasteiger partial charge in [-0.05, 0) is 46.8 Å². The molecule has 0 bridgehead atoms. The van der Waals surface area contributed by atoms with Crippen molar-refractivity contribution in [2.45, 2.75) is 40.7 Å². The SMILES string of the molecule is CCOc1cc(C(=O)O[C@@H](C)C(=O)c2ccc(C)cc2)cc(OCC)c1OCC. The Bertz CT molecular complexity index is 814. The molecule has 0 heterocycles. The van der Waals surface area contributed by atoms with E-state index in [-0.39, 0.29) is 11.3 Å². The van der Waals surface area contributed by atoms with Crippen molar-refractivity contribution in [2.75, 3.05) is 19.8 Å². The molecule has 0 aliphatic carbocycles. The summed E-state index contributed by atoms with van der Waals surface area (Å²) in [6.45, 7) is 10.2. The highest BCUT2D eigenvalue weighted by atomic mass is 16.6. The summed E-state index contributed by atoms with van der Waals surface area (Å²) in [4.78, 5) is 25.3. The van der Waals surface area contributed by atoms with Crippen LogP contribution in [-0.4, -0.2) is 37.7 Å². The topological polar surface area (TPSA) is 71.1 Å². The third-order valence-electron chi connectivity index (χ3n) is 4.13. The summed E-state index contributed by atoms with van der Waals surface area (Å²) in [5.74, 6) is 0.327. The van der Waals surface area contributed by atoms with Gasteiger partial charge in [0.25, 0.3) is 0 Å². The lowest BCUT2D eigenvalue weighted by Gasteiger charge is -2.18. The van der Waals surface area contributed by atoms with E-state index in [1.807, 2.05) is 39.8 Å². The van der Waals surface area contributed by atoms with Gasteiger partial charge in [-0.15, -0.1) is 0 Å². The second kappa shape index (κ2) is 10.5. The van der Waals surface area contributed by atoms with Crippen LogP contribution in [0.15, 0.2) is 36.4 Å². The lowest BCUT2D eigenvalue weighted by molar-refractivity contribution is 0.0318. The number of ether oxygens (including phenoxy) is 4. The number of carbonyl (C=O) groups excluding carboxylic acids is 2. The average molecular weight is 400 g/mol. The van der Waals surface area contributed by atoms with E-state index in [9.17, 15) is 9.59 Å². The molecule has 156 valence electrons. The van der Waals surface area contributed by atoms with Crippen molar-refractivity contribution < 1.29 is 28.5 Å². The van der Waals surface area contributed by atoms with Crippen LogP contribution in [0.25, 0.3) is 0 Å². The maximum Gasteiger partial charge on any atom is 0.339 e. The molecule has 0 radical (unpaired) electrons. The molecule has 1 atom stereocenters. The van der Waals surface area contributed by atoms with Crippen molar-refractivity contribution in [2.24, 2.45) is 0 Å². The zero-order valence-corrected chi connectivity index (χ0v) is 17.6. The molecule has 0 spiro atoms. The number of Topliss-reactive ketones (excluding diaryl/α,β-unsaturated/α-hetero) is 1. The smallest absolute Gasteiger partial charge is 0.339 e. The molecule has 0 saturated heterocycles. The van der Waals surface area contributed by atoms with E-state index in [1.165, 1.54) is 0 Å². The fraction of sp³-hybridized carbons (Fsp3) is 0.391. The van der Waals surface area contributed by atoms with Crippen LogP contribution in [0.5, 0.6) is 17.2 Å². The zero-order chi connectivity index (χ0) is 21.4. The predicted molar refractivity (Wildman–Crippen MR) is 110 cm³/mol. The number of hydrogen-bond acceptors (Lipinski definition) is 6. The fourth-order valence-corrected chi connectivity index (χ4v) is 2.74. The summed E-state index contributed by atoms with van der Waals surface area (Å²) in [6, 6.07) is 10.2. The molecule has 0 amide bonds. The van der Waals surface area contributed by atoms with Crippen molar-refractivity contribution in [3.05, 3.63) is 53.1 Å². The summed E-state index contributed by atoms with van der Waals surface area (Å²) in [5.41, 5.74) is 1.77. The Morgan fingerprint density at radius 3 is 1.83 bits per heavy atom. The van der Waals surface area contributed by atoms with Gasteiger partial charge in [0, 0.05) is 5.56 Å². The normalized spacial score (nSPS) is 11.5. The molecule has 0 fully saturated rings. The first-order valence-electron chi connectivity index (χ1n) is 9.79. The maximum atomic E-state index is 12.7. The number of esters is 1. The van der Waals surface area contributed by atoms with Crippen LogP contribution >= 0.6 is 0 Å². The van der Waals surface area contributed by atoms with Crippen LogP contribution in [0.3, 0.4) is 0 Å². The van der Waals surface area contributed by atoms with E-state index in [0.717, 1.165) is 5.56 Å². The number of aryl methyl sites for hydroxylation is 1. The van der Waals surface area contributed by atoms with E-state index in [1.54, 1.807) is 31.2 Å². The molecule has 6 heteroatoms. The summed E-state index contributed by atoms with van der Waals surface area (Å²) in [6.07, 6.45) is -0.928. The Labute approximate surface area is 171 Å². The lowest BCUT2D eigenvalue weighted by atomic mass is 10.1. The number of benzene rings is 2. The van der Waals surface area contributed by atoms with Gasteiger partial charge in [-0.3, -0.25) is 4.79 Å². The molecular weight excluding hydrogens is 372 g/mol. The van der Waals surface area contributed by atoms with Gasteiger partial charge in [0.2, 0.25) is 11.5 Å². The highest BCUT2D eigenvalue weighted by Crippen LogP contribution is 2.39. The maximum absolute atomic E-state index is 12.7. The van der Waals surface area contributed by atoms with E-state index in [0.29, 0.717) is 42.6 Å². The largest absolute Gasteiger partial charge is 0.490 e. The van der Waals surface area contributed by atoms with Crippen molar-refractivity contribution in [1.82, 2.24) is 0 Å². The Kier molecular flexibility index (Phi) is 8.07. The summed E-state index contributed by atoms with van der Waals surface area (Å²) in [5, 5.41) is 0. The third-order valence-corrected chi connectivity index (χ3v) is 4.13. The molecule has 2 aromatic carbocycles. The van der Waals surface area contributed by atoms with E-state index < -0.39 is 12.1 Å². The first kappa shape index (κ1) is 22.3. The Morgan fingerprint density at radius 2 is 1.34 bits per heavy atom. The van der Waals surface area contributed by atoms with Crippen LogP contribution in [-0.2, 0) is 4.74 Å². The van der Waals surface area contributed by atoms with Crippen LogP contribution in [0.4, 0.5) is 0 Å². The molecule has 0 aliphatic rings. The molecule has 0 aromatic heterocycles. The van der Waals surface area contributed by atoms with Crippen molar-refractivity contribution >= 4 is 11.8 Å². The Morgan fingerprint density at radius 1 is 0.828 bits per heavy atom. The minimum Gasteiger partial charge on any atom is -0.490 e. The highest BCUT2D eigenvalue weighted by Gasteiger charge is 2.23. The quantitative estimate of drug-likeness (QED) is 0.428. The zero-order valence-electron chi connectivity index (χ0n) is 17.6. The molecule has 6 nitrogen and oxygen atoms in total. The van der Waals surface area contributed by atoms with Gasteiger partial charge >= 0.3 is 5.97 Å². The minimum atomic E-state index is -0.928. The van der Waals surface area contributed by atoms with Crippen molar-refractivity contribution in [1.29, 1.82) is 0 Å². The second-order valence-corrected chi connectivity index (χ2v) is 6.38. The molecule has 2 rings (SSSR count). The minimum absolute atomic E-state index is 0.226. The molecular formula is C23H28O6. The first-order chi connectivity index (χ1) is 13.9.